The van der Waals surface area contributed by atoms with Crippen LogP contribution in [0.5, 0.6) is 0 Å². The van der Waals surface area contributed by atoms with Crippen LogP contribution >= 0.6 is 0 Å². The molecule has 0 heterocycles. The summed E-state index contributed by atoms with van der Waals surface area (Å²) in [6, 6.07) is 3.03. The number of hydrogen-bond acceptors (Lipinski definition) is 1. The maximum atomic E-state index is 12.9. The van der Waals surface area contributed by atoms with E-state index in [1.165, 1.54) is 6.07 Å². The zero-order valence-corrected chi connectivity index (χ0v) is 7.24. The van der Waals surface area contributed by atoms with Crippen molar-refractivity contribution in [1.29, 1.82) is 0 Å². The first kappa shape index (κ1) is 11.0. The Kier molecular flexibility index (Phi) is 3.88. The van der Waals surface area contributed by atoms with Crippen molar-refractivity contribution in [1.82, 2.24) is 5.32 Å². The highest BCUT2D eigenvalue weighted by molar-refractivity contribution is 5.18. The fourth-order valence-electron chi connectivity index (χ4n) is 0.981. The van der Waals surface area contributed by atoms with Gasteiger partial charge in [-0.3, -0.25) is 0 Å². The summed E-state index contributed by atoms with van der Waals surface area (Å²) in [6.07, 6.45) is -2.47. The average molecular weight is 207 g/mol. The van der Waals surface area contributed by atoms with E-state index in [1.54, 1.807) is 0 Å². The molecule has 78 valence electrons. The molecular weight excluding hydrogens is 198 g/mol. The lowest BCUT2D eigenvalue weighted by atomic mass is 10.2. The van der Waals surface area contributed by atoms with Gasteiger partial charge >= 0.3 is 0 Å². The van der Waals surface area contributed by atoms with Gasteiger partial charge < -0.3 is 5.32 Å². The van der Waals surface area contributed by atoms with E-state index in [0.717, 1.165) is 12.1 Å². The molecule has 0 aliphatic rings. The topological polar surface area (TPSA) is 12.0 Å². The molecule has 0 fully saturated rings. The largest absolute Gasteiger partial charge is 0.307 e. The van der Waals surface area contributed by atoms with Crippen molar-refractivity contribution in [3.05, 3.63) is 35.4 Å². The first-order valence-electron chi connectivity index (χ1n) is 4.02. The highest BCUT2D eigenvalue weighted by Crippen LogP contribution is 2.08. The lowest BCUT2D eigenvalue weighted by Crippen LogP contribution is -2.21. The van der Waals surface area contributed by atoms with Gasteiger partial charge in [0.15, 0.2) is 0 Å². The van der Waals surface area contributed by atoms with Gasteiger partial charge in [-0.25, -0.2) is 17.6 Å². The van der Waals surface area contributed by atoms with Gasteiger partial charge in [-0.15, -0.1) is 0 Å². The van der Waals surface area contributed by atoms with Crippen LogP contribution in [0.4, 0.5) is 17.6 Å². The van der Waals surface area contributed by atoms with E-state index >= 15 is 0 Å². The van der Waals surface area contributed by atoms with Gasteiger partial charge in [0.1, 0.15) is 11.6 Å². The van der Waals surface area contributed by atoms with Crippen LogP contribution in [-0.4, -0.2) is 13.0 Å². The van der Waals surface area contributed by atoms with Gasteiger partial charge in [0.2, 0.25) is 0 Å². The second-order valence-electron chi connectivity index (χ2n) is 2.76. The Labute approximate surface area is 78.7 Å². The molecule has 0 bridgehead atoms. The normalized spacial score (nSPS) is 10.9. The summed E-state index contributed by atoms with van der Waals surface area (Å²) in [6.45, 7) is -0.534. The van der Waals surface area contributed by atoms with Crippen LogP contribution in [0, 0.1) is 11.6 Å². The molecule has 0 aromatic heterocycles. The summed E-state index contributed by atoms with van der Waals surface area (Å²) in [4.78, 5) is 0. The van der Waals surface area contributed by atoms with Crippen molar-refractivity contribution in [2.45, 2.75) is 13.0 Å². The summed E-state index contributed by atoms with van der Waals surface area (Å²) >= 11 is 0. The molecule has 0 atom stereocenters. The number of hydrogen-bond donors (Lipinski definition) is 1. The molecule has 0 aliphatic heterocycles. The monoisotopic (exact) mass is 207 g/mol. The minimum Gasteiger partial charge on any atom is -0.307 e. The molecule has 1 N–H and O–H groups in total. The Bertz CT molecular complexity index is 301. The van der Waals surface area contributed by atoms with E-state index in [1.807, 2.05) is 0 Å². The zero-order chi connectivity index (χ0) is 10.6. The molecule has 14 heavy (non-hydrogen) atoms. The maximum absolute atomic E-state index is 12.9. The average Bonchev–Trinajstić information content (AvgIpc) is 2.08. The lowest BCUT2D eigenvalue weighted by Gasteiger charge is -2.05. The predicted octanol–water partition coefficient (Wildman–Crippen LogP) is 2.32. The predicted molar refractivity (Wildman–Crippen MR) is 44.1 cm³/mol. The second kappa shape index (κ2) is 4.95. The lowest BCUT2D eigenvalue weighted by molar-refractivity contribution is 0.145. The summed E-state index contributed by atoms with van der Waals surface area (Å²) in [5.41, 5.74) is 0.173. The fourth-order valence-corrected chi connectivity index (χ4v) is 0.981. The van der Waals surface area contributed by atoms with Crippen molar-refractivity contribution in [2.75, 3.05) is 6.54 Å². The molecule has 1 aromatic rings. The Morgan fingerprint density at radius 3 is 2.50 bits per heavy atom. The Morgan fingerprint density at radius 2 is 1.93 bits per heavy atom. The van der Waals surface area contributed by atoms with Crippen molar-refractivity contribution < 1.29 is 17.6 Å². The van der Waals surface area contributed by atoms with Gasteiger partial charge in [-0.05, 0) is 6.07 Å². The van der Waals surface area contributed by atoms with Crippen molar-refractivity contribution >= 4 is 0 Å². The standard InChI is InChI=1S/C9H9F4N/c10-7-2-1-6(8(11)3-7)4-14-5-9(12)13/h1-3,9,14H,4-5H2. The van der Waals surface area contributed by atoms with Gasteiger partial charge in [0, 0.05) is 18.2 Å². The number of nitrogens with one attached hydrogen (secondary N) is 1. The molecule has 0 radical (unpaired) electrons. The first-order valence-corrected chi connectivity index (χ1v) is 4.02. The summed E-state index contributed by atoms with van der Waals surface area (Å²) in [5.74, 6) is -1.41. The van der Waals surface area contributed by atoms with Crippen molar-refractivity contribution in [3.8, 4) is 0 Å². The third-order valence-corrected chi connectivity index (χ3v) is 1.63. The molecule has 0 saturated carbocycles. The molecule has 0 unspecified atom stereocenters. The maximum Gasteiger partial charge on any atom is 0.250 e. The highest BCUT2D eigenvalue weighted by atomic mass is 19.3. The van der Waals surface area contributed by atoms with Crippen LogP contribution in [-0.2, 0) is 6.54 Å². The van der Waals surface area contributed by atoms with Gasteiger partial charge in [0.25, 0.3) is 6.43 Å². The van der Waals surface area contributed by atoms with Crippen molar-refractivity contribution in [2.24, 2.45) is 0 Å². The van der Waals surface area contributed by atoms with Crippen LogP contribution in [0.15, 0.2) is 18.2 Å². The number of halogens is 4. The number of benzene rings is 1. The van der Waals surface area contributed by atoms with Crippen LogP contribution < -0.4 is 5.32 Å². The summed E-state index contributed by atoms with van der Waals surface area (Å²) in [5, 5.41) is 2.35. The van der Waals surface area contributed by atoms with E-state index in [2.05, 4.69) is 5.32 Å². The first-order chi connectivity index (χ1) is 6.59. The molecule has 0 amide bonds. The van der Waals surface area contributed by atoms with E-state index in [0.29, 0.717) is 0 Å². The molecule has 0 spiro atoms. The minimum atomic E-state index is -2.47. The van der Waals surface area contributed by atoms with Crippen LogP contribution in [0.2, 0.25) is 0 Å². The molecule has 0 aliphatic carbocycles. The minimum absolute atomic E-state index is 0.0313. The van der Waals surface area contributed by atoms with Gasteiger partial charge in [-0.2, -0.15) is 0 Å². The second-order valence-corrected chi connectivity index (χ2v) is 2.76. The summed E-state index contributed by atoms with van der Waals surface area (Å²) < 4.78 is 48.7. The number of rotatable bonds is 4. The molecule has 1 aromatic carbocycles. The van der Waals surface area contributed by atoms with E-state index < -0.39 is 24.6 Å². The summed E-state index contributed by atoms with van der Waals surface area (Å²) in [7, 11) is 0. The SMILES string of the molecule is Fc1ccc(CNCC(F)F)c(F)c1. The quantitative estimate of drug-likeness (QED) is 0.747. The van der Waals surface area contributed by atoms with E-state index in [-0.39, 0.29) is 12.1 Å². The molecule has 1 rings (SSSR count). The third kappa shape index (κ3) is 3.33. The smallest absolute Gasteiger partial charge is 0.250 e. The highest BCUT2D eigenvalue weighted by Gasteiger charge is 2.05. The van der Waals surface area contributed by atoms with Crippen LogP contribution in [0.25, 0.3) is 0 Å². The van der Waals surface area contributed by atoms with Gasteiger partial charge in [-0.1, -0.05) is 6.07 Å². The molecule has 0 saturated heterocycles. The molecule has 1 nitrogen and oxygen atoms in total. The fraction of sp³-hybridized carbons (Fsp3) is 0.333. The Morgan fingerprint density at radius 1 is 1.21 bits per heavy atom. The third-order valence-electron chi connectivity index (χ3n) is 1.63. The van der Waals surface area contributed by atoms with E-state index in [9.17, 15) is 17.6 Å². The Balaban J connectivity index is 2.51. The van der Waals surface area contributed by atoms with Crippen LogP contribution in [0.1, 0.15) is 5.56 Å². The van der Waals surface area contributed by atoms with Crippen molar-refractivity contribution in [3.63, 3.8) is 0 Å². The van der Waals surface area contributed by atoms with E-state index in [4.69, 9.17) is 0 Å². The number of alkyl halides is 2. The Hall–Kier alpha value is -1.10. The van der Waals surface area contributed by atoms with Crippen LogP contribution in [0.3, 0.4) is 0 Å². The zero-order valence-electron chi connectivity index (χ0n) is 7.24. The molecular formula is C9H9F4N. The molecule has 5 heteroatoms. The van der Waals surface area contributed by atoms with Gasteiger partial charge in [0.05, 0.1) is 6.54 Å².